The minimum absolute atomic E-state index is 0.0425. The molecule has 47 heavy (non-hydrogen) atoms. The SMILES string of the molecule is Cc1cc(OC(F)(F)F)ccc1OCC(=O)N1CCN2C(=O)c3cc(-c4cc(C(F)(F)F)cc(C(F)(F)F)c4)ncc3NC(=O)C2C1. The summed E-state index contributed by atoms with van der Waals surface area (Å²) in [6.45, 7) is 0.319. The first-order valence-corrected chi connectivity index (χ1v) is 13.5. The molecule has 0 radical (unpaired) electrons. The van der Waals surface area contributed by atoms with Crippen LogP contribution in [0.3, 0.4) is 0 Å². The number of piperazine rings is 1. The topological polar surface area (TPSA) is 101 Å². The van der Waals surface area contributed by atoms with Crippen molar-refractivity contribution in [3.05, 3.63) is 70.9 Å². The monoisotopic (exact) mass is 676 g/mol. The number of nitrogens with zero attached hydrogens (tertiary/aromatic N) is 3. The number of carbonyl (C=O) groups excluding carboxylic acids is 3. The summed E-state index contributed by atoms with van der Waals surface area (Å²) in [5.74, 6) is -2.53. The van der Waals surface area contributed by atoms with E-state index in [9.17, 15) is 53.9 Å². The van der Waals surface area contributed by atoms with Crippen LogP contribution in [-0.4, -0.2) is 71.2 Å². The maximum Gasteiger partial charge on any atom is 0.573 e. The number of halogens is 9. The lowest BCUT2D eigenvalue weighted by molar-refractivity contribution is -0.274. The largest absolute Gasteiger partial charge is 0.573 e. The summed E-state index contributed by atoms with van der Waals surface area (Å²) in [5.41, 5.74) is -4.26. The number of hydrogen-bond donors (Lipinski definition) is 1. The second-order valence-corrected chi connectivity index (χ2v) is 10.5. The van der Waals surface area contributed by atoms with E-state index in [1.807, 2.05) is 0 Å². The lowest BCUT2D eigenvalue weighted by Crippen LogP contribution is -2.60. The summed E-state index contributed by atoms with van der Waals surface area (Å²) < 4.78 is 127. The fourth-order valence-electron chi connectivity index (χ4n) is 5.05. The summed E-state index contributed by atoms with van der Waals surface area (Å²) in [4.78, 5) is 45.8. The molecule has 1 aromatic heterocycles. The summed E-state index contributed by atoms with van der Waals surface area (Å²) >= 11 is 0. The number of amides is 3. The number of rotatable bonds is 5. The summed E-state index contributed by atoms with van der Waals surface area (Å²) in [7, 11) is 0. The summed E-state index contributed by atoms with van der Waals surface area (Å²) in [5, 5.41) is 2.46. The smallest absolute Gasteiger partial charge is 0.483 e. The molecular formula is C29H21F9N4O5. The molecule has 9 nitrogen and oxygen atoms in total. The number of aryl methyl sites for hydroxylation is 1. The molecule has 250 valence electrons. The van der Waals surface area contributed by atoms with Crippen LogP contribution in [0.25, 0.3) is 11.3 Å². The molecule has 3 heterocycles. The van der Waals surface area contributed by atoms with Crippen LogP contribution in [-0.2, 0) is 21.9 Å². The third kappa shape index (κ3) is 7.36. The molecule has 2 aliphatic heterocycles. The van der Waals surface area contributed by atoms with E-state index in [0.29, 0.717) is 12.1 Å². The lowest BCUT2D eigenvalue weighted by Gasteiger charge is -2.39. The maximum atomic E-state index is 13.5. The number of anilines is 1. The number of aromatic nitrogens is 1. The van der Waals surface area contributed by atoms with E-state index in [2.05, 4.69) is 15.0 Å². The van der Waals surface area contributed by atoms with Crippen molar-refractivity contribution < 1.29 is 63.4 Å². The average molecular weight is 676 g/mol. The van der Waals surface area contributed by atoms with Crippen molar-refractivity contribution in [2.45, 2.75) is 31.7 Å². The van der Waals surface area contributed by atoms with Gasteiger partial charge in [0.05, 0.1) is 40.8 Å². The molecule has 1 saturated heterocycles. The number of alkyl halides is 9. The first-order chi connectivity index (χ1) is 21.8. The standard InChI is InChI=1S/C29H21F9N4O5/c1-14-6-18(47-29(36,37)38)2-3-23(14)46-13-24(43)41-4-5-42-22(12-41)25(44)40-21-11-39-20(10-19(21)26(42)45)15-7-16(27(30,31)32)9-17(8-15)28(33,34)35/h2-3,6-11,22H,4-5,12-13H2,1H3,(H,40,44). The molecule has 0 bridgehead atoms. The van der Waals surface area contributed by atoms with Crippen LogP contribution in [0.5, 0.6) is 11.5 Å². The molecule has 5 rings (SSSR count). The van der Waals surface area contributed by atoms with Crippen molar-refractivity contribution in [2.75, 3.05) is 31.6 Å². The average Bonchev–Trinajstić information content (AvgIpc) is 3.07. The van der Waals surface area contributed by atoms with Gasteiger partial charge in [0.15, 0.2) is 6.61 Å². The Morgan fingerprint density at radius 3 is 2.19 bits per heavy atom. The zero-order valence-electron chi connectivity index (χ0n) is 23.8. The molecule has 1 fully saturated rings. The second-order valence-electron chi connectivity index (χ2n) is 10.5. The van der Waals surface area contributed by atoms with E-state index in [0.717, 1.165) is 29.3 Å². The van der Waals surface area contributed by atoms with Gasteiger partial charge in [-0.25, -0.2) is 0 Å². The van der Waals surface area contributed by atoms with Gasteiger partial charge >= 0.3 is 18.7 Å². The molecule has 0 aliphatic carbocycles. The highest BCUT2D eigenvalue weighted by atomic mass is 19.4. The van der Waals surface area contributed by atoms with E-state index in [4.69, 9.17) is 4.74 Å². The van der Waals surface area contributed by atoms with Crippen molar-refractivity contribution in [2.24, 2.45) is 0 Å². The van der Waals surface area contributed by atoms with Crippen molar-refractivity contribution >= 4 is 23.4 Å². The van der Waals surface area contributed by atoms with Crippen molar-refractivity contribution in [3.8, 4) is 22.8 Å². The van der Waals surface area contributed by atoms with Crippen molar-refractivity contribution in [1.82, 2.24) is 14.8 Å². The number of hydrogen-bond acceptors (Lipinski definition) is 6. The Kier molecular flexibility index (Phi) is 8.48. The minimum atomic E-state index is -5.12. The molecule has 3 aromatic rings. The highest BCUT2D eigenvalue weighted by Gasteiger charge is 2.41. The fraction of sp³-hybridized carbons (Fsp3) is 0.310. The van der Waals surface area contributed by atoms with Crippen LogP contribution in [0.15, 0.2) is 48.7 Å². The Morgan fingerprint density at radius 1 is 0.936 bits per heavy atom. The molecule has 18 heteroatoms. The number of pyridine rings is 1. The highest BCUT2D eigenvalue weighted by Crippen LogP contribution is 2.39. The van der Waals surface area contributed by atoms with Gasteiger partial charge < -0.3 is 24.6 Å². The van der Waals surface area contributed by atoms with E-state index < -0.39 is 71.5 Å². The first kappa shape index (κ1) is 33.3. The Hall–Kier alpha value is -5.03. The number of benzene rings is 2. The summed E-state index contributed by atoms with van der Waals surface area (Å²) in [6, 6.07) is 3.88. The first-order valence-electron chi connectivity index (χ1n) is 13.5. The van der Waals surface area contributed by atoms with E-state index >= 15 is 0 Å². The zero-order valence-corrected chi connectivity index (χ0v) is 23.8. The molecule has 1 atom stereocenters. The molecule has 0 saturated carbocycles. The number of ether oxygens (including phenoxy) is 2. The maximum absolute atomic E-state index is 13.5. The van der Waals surface area contributed by atoms with E-state index in [1.165, 1.54) is 17.9 Å². The van der Waals surface area contributed by atoms with Crippen molar-refractivity contribution in [1.29, 1.82) is 0 Å². The van der Waals surface area contributed by atoms with Gasteiger partial charge in [-0.1, -0.05) is 0 Å². The van der Waals surface area contributed by atoms with Gasteiger partial charge in [0.25, 0.3) is 11.8 Å². The Morgan fingerprint density at radius 2 is 1.60 bits per heavy atom. The Balaban J connectivity index is 1.32. The van der Waals surface area contributed by atoms with Gasteiger partial charge in [0.1, 0.15) is 17.5 Å². The number of fused-ring (bicyclic) bond motifs is 2. The predicted molar refractivity (Wildman–Crippen MR) is 143 cm³/mol. The molecule has 0 spiro atoms. The van der Waals surface area contributed by atoms with Gasteiger partial charge in [-0.3, -0.25) is 19.4 Å². The van der Waals surface area contributed by atoms with Crippen LogP contribution < -0.4 is 14.8 Å². The summed E-state index contributed by atoms with van der Waals surface area (Å²) in [6.07, 6.45) is -14.2. The minimum Gasteiger partial charge on any atom is -0.483 e. The van der Waals surface area contributed by atoms with Crippen LogP contribution in [0.1, 0.15) is 27.0 Å². The third-order valence-corrected chi connectivity index (χ3v) is 7.30. The predicted octanol–water partition coefficient (Wildman–Crippen LogP) is 5.68. The van der Waals surface area contributed by atoms with Gasteiger partial charge in [-0.15, -0.1) is 13.2 Å². The molecule has 2 aliphatic rings. The molecule has 2 aromatic carbocycles. The Bertz CT molecular complexity index is 1710. The normalized spacial score (nSPS) is 17.0. The van der Waals surface area contributed by atoms with E-state index in [-0.39, 0.29) is 54.0 Å². The van der Waals surface area contributed by atoms with Gasteiger partial charge in [-0.05, 0) is 55.0 Å². The van der Waals surface area contributed by atoms with Crippen molar-refractivity contribution in [3.63, 3.8) is 0 Å². The molecule has 1 unspecified atom stereocenters. The molecule has 3 amide bonds. The fourth-order valence-corrected chi connectivity index (χ4v) is 5.05. The number of carbonyl (C=O) groups is 3. The van der Waals surface area contributed by atoms with Crippen LogP contribution in [0.4, 0.5) is 45.2 Å². The number of nitrogens with one attached hydrogen (secondary N) is 1. The van der Waals surface area contributed by atoms with Crippen LogP contribution >= 0.6 is 0 Å². The lowest BCUT2D eigenvalue weighted by atomic mass is 10.0. The van der Waals surface area contributed by atoms with Crippen LogP contribution in [0.2, 0.25) is 0 Å². The van der Waals surface area contributed by atoms with Gasteiger partial charge in [0.2, 0.25) is 5.91 Å². The molecule has 1 N–H and O–H groups in total. The highest BCUT2D eigenvalue weighted by molar-refractivity contribution is 6.10. The Labute approximate surface area is 258 Å². The third-order valence-electron chi connectivity index (χ3n) is 7.30. The van der Waals surface area contributed by atoms with Gasteiger partial charge in [0, 0.05) is 18.7 Å². The zero-order chi connectivity index (χ0) is 34.5. The quantitative estimate of drug-likeness (QED) is 0.350. The second kappa shape index (κ2) is 12.0. The van der Waals surface area contributed by atoms with Crippen LogP contribution in [0, 0.1) is 6.92 Å². The molecular weight excluding hydrogens is 655 g/mol. The van der Waals surface area contributed by atoms with Gasteiger partial charge in [-0.2, -0.15) is 26.3 Å². The van der Waals surface area contributed by atoms with E-state index in [1.54, 1.807) is 0 Å².